The second-order valence-electron chi connectivity index (χ2n) is 6.13. The molecular weight excluding hydrogens is 328 g/mol. The zero-order valence-electron chi connectivity index (χ0n) is 15.7. The molecule has 2 aromatic carbocycles. The van der Waals surface area contributed by atoms with Gasteiger partial charge in [0.05, 0.1) is 20.3 Å². The largest absolute Gasteiger partial charge is 0.493 e. The lowest BCUT2D eigenvalue weighted by Crippen LogP contribution is -2.30. The van der Waals surface area contributed by atoms with E-state index in [1.54, 1.807) is 14.2 Å². The van der Waals surface area contributed by atoms with Crippen molar-refractivity contribution < 1.29 is 14.3 Å². The quantitative estimate of drug-likeness (QED) is 0.642. The molecule has 0 aliphatic rings. The van der Waals surface area contributed by atoms with E-state index in [1.165, 1.54) is 0 Å². The van der Waals surface area contributed by atoms with Gasteiger partial charge in [-0.1, -0.05) is 36.4 Å². The Bertz CT molecular complexity index is 689. The highest BCUT2D eigenvalue weighted by Crippen LogP contribution is 2.29. The molecule has 0 radical (unpaired) electrons. The van der Waals surface area contributed by atoms with E-state index in [4.69, 9.17) is 9.47 Å². The molecule has 0 heterocycles. The molecule has 2 N–H and O–H groups in total. The summed E-state index contributed by atoms with van der Waals surface area (Å²) in [6, 6.07) is 15.8. The molecule has 2 aromatic rings. The van der Waals surface area contributed by atoms with E-state index >= 15 is 0 Å². The number of carbonyl (C=O) groups excluding carboxylic acids is 1. The van der Waals surface area contributed by atoms with E-state index in [-0.39, 0.29) is 11.9 Å². The van der Waals surface area contributed by atoms with Crippen molar-refractivity contribution in [3.8, 4) is 11.5 Å². The number of benzene rings is 2. The van der Waals surface area contributed by atoms with Crippen molar-refractivity contribution in [3.05, 3.63) is 59.7 Å². The van der Waals surface area contributed by atoms with Crippen LogP contribution >= 0.6 is 0 Å². The van der Waals surface area contributed by atoms with Crippen molar-refractivity contribution in [1.29, 1.82) is 0 Å². The van der Waals surface area contributed by atoms with Gasteiger partial charge in [-0.3, -0.25) is 4.79 Å². The van der Waals surface area contributed by atoms with Crippen LogP contribution < -0.4 is 20.1 Å². The van der Waals surface area contributed by atoms with E-state index in [2.05, 4.69) is 10.6 Å². The van der Waals surface area contributed by atoms with Crippen molar-refractivity contribution in [2.45, 2.75) is 25.3 Å². The maximum atomic E-state index is 12.3. The Balaban J connectivity index is 2.15. The molecule has 0 aromatic heterocycles. The van der Waals surface area contributed by atoms with Gasteiger partial charge in [0.2, 0.25) is 5.91 Å². The summed E-state index contributed by atoms with van der Waals surface area (Å²) in [4.78, 5) is 12.3. The van der Waals surface area contributed by atoms with Crippen LogP contribution in [0.1, 0.15) is 30.0 Å². The predicted octanol–water partition coefficient (Wildman–Crippen LogP) is 3.10. The SMILES string of the molecule is CNCCCC(=O)NC(Cc1ccc(OC)c(OC)c1)c1ccccc1. The maximum Gasteiger partial charge on any atom is 0.220 e. The van der Waals surface area contributed by atoms with Gasteiger partial charge in [0.15, 0.2) is 11.5 Å². The van der Waals surface area contributed by atoms with E-state index in [1.807, 2.05) is 55.6 Å². The Labute approximate surface area is 155 Å². The maximum absolute atomic E-state index is 12.3. The van der Waals surface area contributed by atoms with Crippen LogP contribution in [0, 0.1) is 0 Å². The monoisotopic (exact) mass is 356 g/mol. The smallest absolute Gasteiger partial charge is 0.220 e. The minimum Gasteiger partial charge on any atom is -0.493 e. The molecule has 0 saturated carbocycles. The average molecular weight is 356 g/mol. The molecular formula is C21H28N2O3. The lowest BCUT2D eigenvalue weighted by molar-refractivity contribution is -0.121. The number of hydrogen-bond acceptors (Lipinski definition) is 4. The zero-order valence-corrected chi connectivity index (χ0v) is 15.7. The summed E-state index contributed by atoms with van der Waals surface area (Å²) in [5.74, 6) is 1.45. The summed E-state index contributed by atoms with van der Waals surface area (Å²) in [6.07, 6.45) is 2.01. The van der Waals surface area contributed by atoms with E-state index in [0.29, 0.717) is 24.3 Å². The fourth-order valence-corrected chi connectivity index (χ4v) is 2.87. The molecule has 26 heavy (non-hydrogen) atoms. The lowest BCUT2D eigenvalue weighted by Gasteiger charge is -2.20. The molecule has 140 valence electrons. The highest BCUT2D eigenvalue weighted by Gasteiger charge is 2.16. The Hall–Kier alpha value is -2.53. The van der Waals surface area contributed by atoms with Gasteiger partial charge < -0.3 is 20.1 Å². The fourth-order valence-electron chi connectivity index (χ4n) is 2.87. The number of methoxy groups -OCH3 is 2. The van der Waals surface area contributed by atoms with Gasteiger partial charge in [0, 0.05) is 6.42 Å². The van der Waals surface area contributed by atoms with Gasteiger partial charge in [-0.05, 0) is 49.7 Å². The number of amides is 1. The van der Waals surface area contributed by atoms with Crippen LogP contribution in [0.2, 0.25) is 0 Å². The molecule has 1 amide bonds. The Morgan fingerprint density at radius 3 is 2.42 bits per heavy atom. The highest BCUT2D eigenvalue weighted by molar-refractivity contribution is 5.76. The summed E-state index contributed by atoms with van der Waals surface area (Å²) in [7, 11) is 5.14. The van der Waals surface area contributed by atoms with Crippen LogP contribution in [0.25, 0.3) is 0 Å². The molecule has 5 nitrogen and oxygen atoms in total. The van der Waals surface area contributed by atoms with Gasteiger partial charge in [0.1, 0.15) is 0 Å². The second kappa shape index (κ2) is 10.5. The Morgan fingerprint density at radius 2 is 1.77 bits per heavy atom. The first-order valence-corrected chi connectivity index (χ1v) is 8.87. The third-order valence-corrected chi connectivity index (χ3v) is 4.26. The molecule has 2 rings (SSSR count). The van der Waals surface area contributed by atoms with Crippen molar-refractivity contribution in [2.24, 2.45) is 0 Å². The molecule has 0 aliphatic carbocycles. The topological polar surface area (TPSA) is 59.6 Å². The fraction of sp³-hybridized carbons (Fsp3) is 0.381. The molecule has 0 aliphatic heterocycles. The van der Waals surface area contributed by atoms with Gasteiger partial charge >= 0.3 is 0 Å². The molecule has 1 atom stereocenters. The summed E-state index contributed by atoms with van der Waals surface area (Å²) in [5, 5.41) is 6.23. The number of hydrogen-bond donors (Lipinski definition) is 2. The van der Waals surface area contributed by atoms with Crippen molar-refractivity contribution in [3.63, 3.8) is 0 Å². The van der Waals surface area contributed by atoms with Gasteiger partial charge in [-0.15, -0.1) is 0 Å². The number of carbonyl (C=O) groups is 1. The van der Waals surface area contributed by atoms with Gasteiger partial charge in [0.25, 0.3) is 0 Å². The van der Waals surface area contributed by atoms with Crippen LogP contribution in [0.5, 0.6) is 11.5 Å². The van der Waals surface area contributed by atoms with Gasteiger partial charge in [-0.25, -0.2) is 0 Å². The molecule has 0 fully saturated rings. The van der Waals surface area contributed by atoms with Crippen LogP contribution in [-0.2, 0) is 11.2 Å². The molecule has 0 saturated heterocycles. The highest BCUT2D eigenvalue weighted by atomic mass is 16.5. The lowest BCUT2D eigenvalue weighted by atomic mass is 9.98. The molecule has 0 bridgehead atoms. The third kappa shape index (κ3) is 5.77. The van der Waals surface area contributed by atoms with Crippen molar-refractivity contribution in [1.82, 2.24) is 10.6 Å². The summed E-state index contributed by atoms with van der Waals surface area (Å²) >= 11 is 0. The average Bonchev–Trinajstić information content (AvgIpc) is 2.68. The summed E-state index contributed by atoms with van der Waals surface area (Å²) in [5.41, 5.74) is 2.16. The Morgan fingerprint density at radius 1 is 1.04 bits per heavy atom. The van der Waals surface area contributed by atoms with E-state index in [0.717, 1.165) is 24.1 Å². The zero-order chi connectivity index (χ0) is 18.8. The second-order valence-corrected chi connectivity index (χ2v) is 6.13. The first kappa shape index (κ1) is 19.8. The van der Waals surface area contributed by atoms with Crippen LogP contribution in [0.4, 0.5) is 0 Å². The minimum atomic E-state index is -0.0867. The predicted molar refractivity (Wildman–Crippen MR) is 104 cm³/mol. The standard InChI is InChI=1S/C21H28N2O3/c1-22-13-7-10-21(24)23-18(17-8-5-4-6-9-17)14-16-11-12-19(25-2)20(15-16)26-3/h4-6,8-9,11-12,15,18,22H,7,10,13-14H2,1-3H3,(H,23,24). The molecule has 0 spiro atoms. The number of nitrogens with one attached hydrogen (secondary N) is 2. The summed E-state index contributed by atoms with van der Waals surface area (Å²) in [6.45, 7) is 0.832. The molecule has 5 heteroatoms. The van der Waals surface area contributed by atoms with Crippen molar-refractivity contribution in [2.75, 3.05) is 27.8 Å². The number of rotatable bonds is 10. The van der Waals surface area contributed by atoms with Crippen LogP contribution in [0.15, 0.2) is 48.5 Å². The first-order chi connectivity index (χ1) is 12.7. The van der Waals surface area contributed by atoms with Crippen molar-refractivity contribution >= 4 is 5.91 Å². The normalized spacial score (nSPS) is 11.7. The first-order valence-electron chi connectivity index (χ1n) is 8.87. The molecule has 1 unspecified atom stereocenters. The van der Waals surface area contributed by atoms with Crippen LogP contribution in [-0.4, -0.2) is 33.7 Å². The third-order valence-electron chi connectivity index (χ3n) is 4.26. The van der Waals surface area contributed by atoms with E-state index < -0.39 is 0 Å². The number of ether oxygens (including phenoxy) is 2. The minimum absolute atomic E-state index is 0.0644. The van der Waals surface area contributed by atoms with Gasteiger partial charge in [-0.2, -0.15) is 0 Å². The Kier molecular flexibility index (Phi) is 7.96. The summed E-state index contributed by atoms with van der Waals surface area (Å²) < 4.78 is 10.7. The van der Waals surface area contributed by atoms with Crippen LogP contribution in [0.3, 0.4) is 0 Å². The van der Waals surface area contributed by atoms with E-state index in [9.17, 15) is 4.79 Å².